The minimum absolute atomic E-state index is 0.00671. The summed E-state index contributed by atoms with van der Waals surface area (Å²) < 4.78 is 24.6. The van der Waals surface area contributed by atoms with Gasteiger partial charge in [0.25, 0.3) is 5.91 Å². The van der Waals surface area contributed by atoms with E-state index in [-0.39, 0.29) is 28.4 Å². The number of nitrogens with one attached hydrogen (secondary N) is 1. The number of nitrogens with zero attached hydrogens (tertiary/aromatic N) is 1. The zero-order valence-electron chi connectivity index (χ0n) is 17.4. The molecule has 8 heteroatoms. The molecule has 0 radical (unpaired) electrons. The van der Waals surface area contributed by atoms with Crippen molar-refractivity contribution in [2.24, 2.45) is 0 Å². The number of sulfone groups is 1. The molecule has 2 rings (SSSR count). The van der Waals surface area contributed by atoms with Gasteiger partial charge in [-0.1, -0.05) is 41.9 Å². The summed E-state index contributed by atoms with van der Waals surface area (Å²) in [6, 6.07) is 14.1. The van der Waals surface area contributed by atoms with Crippen LogP contribution in [0.3, 0.4) is 0 Å². The van der Waals surface area contributed by atoms with Crippen molar-refractivity contribution in [2.75, 3.05) is 23.9 Å². The Hall–Kier alpha value is -2.38. The summed E-state index contributed by atoms with van der Waals surface area (Å²) in [4.78, 5) is 26.3. The third kappa shape index (κ3) is 7.15. The van der Waals surface area contributed by atoms with E-state index in [4.69, 9.17) is 11.6 Å². The molecule has 30 heavy (non-hydrogen) atoms. The molecule has 0 atom stereocenters. The van der Waals surface area contributed by atoms with Crippen LogP contribution in [0.25, 0.3) is 0 Å². The van der Waals surface area contributed by atoms with Gasteiger partial charge in [0.05, 0.1) is 16.5 Å². The van der Waals surface area contributed by atoms with Crippen LogP contribution in [0.1, 0.15) is 36.2 Å². The summed E-state index contributed by atoms with van der Waals surface area (Å²) in [5.41, 5.74) is 1.62. The van der Waals surface area contributed by atoms with Crippen molar-refractivity contribution >= 4 is 38.9 Å². The lowest BCUT2D eigenvalue weighted by molar-refractivity contribution is -0.113. The second kappa shape index (κ2) is 10.6. The maximum Gasteiger partial charge on any atom is 0.253 e. The largest absolute Gasteiger partial charge is 0.339 e. The Morgan fingerprint density at radius 1 is 1.10 bits per heavy atom. The number of halogens is 1. The lowest BCUT2D eigenvalue weighted by Gasteiger charge is -2.22. The Bertz CT molecular complexity index is 991. The Balaban J connectivity index is 1.97. The van der Waals surface area contributed by atoms with Gasteiger partial charge in [-0.2, -0.15) is 0 Å². The molecule has 0 aromatic heterocycles. The first kappa shape index (κ1) is 23.9. The molecule has 2 amide bonds. The number of benzene rings is 2. The van der Waals surface area contributed by atoms with E-state index < -0.39 is 21.5 Å². The smallest absolute Gasteiger partial charge is 0.253 e. The average molecular weight is 451 g/mol. The average Bonchev–Trinajstić information content (AvgIpc) is 2.68. The van der Waals surface area contributed by atoms with Crippen molar-refractivity contribution in [3.8, 4) is 0 Å². The molecule has 0 saturated heterocycles. The molecule has 0 unspecified atom stereocenters. The van der Waals surface area contributed by atoms with E-state index in [1.807, 2.05) is 44.2 Å². The van der Waals surface area contributed by atoms with Crippen LogP contribution in [-0.2, 0) is 21.1 Å². The van der Waals surface area contributed by atoms with Crippen LogP contribution in [0.2, 0.25) is 5.02 Å². The van der Waals surface area contributed by atoms with Gasteiger partial charge in [-0.3, -0.25) is 9.59 Å². The summed E-state index contributed by atoms with van der Waals surface area (Å²) in [6.45, 7) is 3.78. The van der Waals surface area contributed by atoms with Crippen LogP contribution in [0, 0.1) is 0 Å². The van der Waals surface area contributed by atoms with Gasteiger partial charge in [0, 0.05) is 18.7 Å². The monoisotopic (exact) mass is 450 g/mol. The molecule has 1 N–H and O–H groups in total. The van der Waals surface area contributed by atoms with Gasteiger partial charge in [-0.05, 0) is 50.5 Å². The van der Waals surface area contributed by atoms with Crippen LogP contribution < -0.4 is 5.32 Å². The zero-order chi connectivity index (χ0) is 22.3. The topological polar surface area (TPSA) is 83.6 Å². The number of rotatable bonds is 9. The molecule has 0 aliphatic heterocycles. The van der Waals surface area contributed by atoms with Crippen molar-refractivity contribution in [1.82, 2.24) is 4.90 Å². The normalized spacial score (nSPS) is 11.4. The van der Waals surface area contributed by atoms with E-state index in [0.717, 1.165) is 5.56 Å². The van der Waals surface area contributed by atoms with Gasteiger partial charge in [0.15, 0.2) is 9.84 Å². The maximum atomic E-state index is 12.5. The molecule has 0 fully saturated rings. The molecule has 0 bridgehead atoms. The summed E-state index contributed by atoms with van der Waals surface area (Å²) in [6.07, 6.45) is 1.06. The molecule has 6 nitrogen and oxygen atoms in total. The molecule has 0 heterocycles. The fourth-order valence-corrected chi connectivity index (χ4v) is 4.16. The molecule has 0 spiro atoms. The van der Waals surface area contributed by atoms with Crippen LogP contribution in [0.5, 0.6) is 0 Å². The van der Waals surface area contributed by atoms with Gasteiger partial charge in [-0.25, -0.2) is 8.42 Å². The van der Waals surface area contributed by atoms with E-state index in [1.165, 1.54) is 12.1 Å². The van der Waals surface area contributed by atoms with Crippen molar-refractivity contribution in [2.45, 2.75) is 32.7 Å². The van der Waals surface area contributed by atoms with Crippen LogP contribution in [0.15, 0.2) is 48.5 Å². The standard InChI is InChI=1S/C22H27ClN2O4S/c1-16(2)25(3)22(27)18-11-12-19(23)20(14-18)24-21(26)15-30(28,29)13-7-10-17-8-5-4-6-9-17/h4-6,8-9,11-12,14,16H,7,10,13,15H2,1-3H3,(H,24,26). The van der Waals surface area contributed by atoms with Crippen LogP contribution >= 0.6 is 11.6 Å². The van der Waals surface area contributed by atoms with Crippen LogP contribution in [-0.4, -0.2) is 49.7 Å². The predicted molar refractivity (Wildman–Crippen MR) is 121 cm³/mol. The number of amides is 2. The Morgan fingerprint density at radius 2 is 1.77 bits per heavy atom. The highest BCUT2D eigenvalue weighted by atomic mass is 35.5. The molecule has 2 aromatic carbocycles. The van der Waals surface area contributed by atoms with Crippen LogP contribution in [0.4, 0.5) is 5.69 Å². The molecule has 2 aromatic rings. The lowest BCUT2D eigenvalue weighted by Crippen LogP contribution is -2.33. The van der Waals surface area contributed by atoms with Crippen molar-refractivity contribution in [1.29, 1.82) is 0 Å². The van der Waals surface area contributed by atoms with Gasteiger partial charge in [-0.15, -0.1) is 0 Å². The van der Waals surface area contributed by atoms with Gasteiger partial charge in [0.1, 0.15) is 5.75 Å². The van der Waals surface area contributed by atoms with Gasteiger partial charge < -0.3 is 10.2 Å². The highest BCUT2D eigenvalue weighted by Gasteiger charge is 2.19. The number of aryl methyl sites for hydroxylation is 1. The molecular formula is C22H27ClN2O4S. The first-order valence-corrected chi connectivity index (χ1v) is 11.9. The predicted octanol–water partition coefficient (Wildman–Crippen LogP) is 3.81. The Labute approximate surface area is 183 Å². The minimum Gasteiger partial charge on any atom is -0.339 e. The number of carbonyl (C=O) groups excluding carboxylic acids is 2. The van der Waals surface area contributed by atoms with E-state index >= 15 is 0 Å². The maximum absolute atomic E-state index is 12.5. The van der Waals surface area contributed by atoms with E-state index in [0.29, 0.717) is 18.4 Å². The summed E-state index contributed by atoms with van der Waals surface area (Å²) in [5.74, 6) is -1.62. The van der Waals surface area contributed by atoms with Gasteiger partial charge >= 0.3 is 0 Å². The number of hydrogen-bond acceptors (Lipinski definition) is 4. The van der Waals surface area contributed by atoms with Crippen molar-refractivity contribution in [3.05, 3.63) is 64.7 Å². The fourth-order valence-electron chi connectivity index (χ4n) is 2.79. The van der Waals surface area contributed by atoms with Gasteiger partial charge in [0.2, 0.25) is 5.91 Å². The first-order chi connectivity index (χ1) is 14.1. The number of anilines is 1. The Kier molecular flexibility index (Phi) is 8.43. The van der Waals surface area contributed by atoms with Crippen molar-refractivity contribution < 1.29 is 18.0 Å². The summed E-state index contributed by atoms with van der Waals surface area (Å²) in [5, 5.41) is 2.75. The quantitative estimate of drug-likeness (QED) is 0.629. The molecule has 0 aliphatic carbocycles. The SMILES string of the molecule is CC(C)N(C)C(=O)c1ccc(Cl)c(NC(=O)CS(=O)(=O)CCCc2ccccc2)c1. The van der Waals surface area contributed by atoms with E-state index in [2.05, 4.69) is 5.32 Å². The zero-order valence-corrected chi connectivity index (χ0v) is 19.0. The minimum atomic E-state index is -3.57. The highest BCUT2D eigenvalue weighted by molar-refractivity contribution is 7.92. The second-order valence-electron chi connectivity index (χ2n) is 7.43. The fraction of sp³-hybridized carbons (Fsp3) is 0.364. The summed E-state index contributed by atoms with van der Waals surface area (Å²) in [7, 11) is -1.88. The number of carbonyl (C=O) groups is 2. The third-order valence-electron chi connectivity index (χ3n) is 4.70. The molecule has 162 valence electrons. The Morgan fingerprint density at radius 3 is 2.40 bits per heavy atom. The molecule has 0 saturated carbocycles. The van der Waals surface area contributed by atoms with Crippen molar-refractivity contribution in [3.63, 3.8) is 0 Å². The molecule has 0 aliphatic rings. The number of hydrogen-bond donors (Lipinski definition) is 1. The van der Waals surface area contributed by atoms with E-state index in [9.17, 15) is 18.0 Å². The molecular weight excluding hydrogens is 424 g/mol. The second-order valence-corrected chi connectivity index (χ2v) is 10.0. The third-order valence-corrected chi connectivity index (χ3v) is 6.64. The highest BCUT2D eigenvalue weighted by Crippen LogP contribution is 2.24. The summed E-state index contributed by atoms with van der Waals surface area (Å²) >= 11 is 6.12. The lowest BCUT2D eigenvalue weighted by atomic mass is 10.1. The first-order valence-electron chi connectivity index (χ1n) is 9.70. The van der Waals surface area contributed by atoms with E-state index in [1.54, 1.807) is 18.0 Å².